The summed E-state index contributed by atoms with van der Waals surface area (Å²) >= 11 is 0. The van der Waals surface area contributed by atoms with Crippen LogP contribution in [0.4, 0.5) is 0 Å². The van der Waals surface area contributed by atoms with E-state index in [2.05, 4.69) is 15.2 Å². The molecule has 3 aliphatic heterocycles. The lowest BCUT2D eigenvalue weighted by atomic mass is 9.79. The Kier molecular flexibility index (Phi) is 23.1. The molecular formula is C51H78N6O14. The molecule has 0 radical (unpaired) electrons. The molecule has 4 rings (SSSR count). The first-order chi connectivity index (χ1) is 33.6. The monoisotopic (exact) mass is 999 g/mol. The number of aliphatic hydroxyl groups is 3. The molecule has 0 spiro atoms. The third-order valence-corrected chi connectivity index (χ3v) is 14.6. The number of carbonyl (C=O) groups is 5. The number of carboxylic acids is 1. The Bertz CT molecular complexity index is 2050. The van der Waals surface area contributed by atoms with Crippen molar-refractivity contribution in [3.8, 4) is 0 Å². The average molecular weight is 999 g/mol. The molecule has 4 aliphatic rings. The molecule has 71 heavy (non-hydrogen) atoms. The number of allylic oxidation sites excluding steroid dienone is 6. The van der Waals surface area contributed by atoms with Gasteiger partial charge in [-0.3, -0.25) is 14.4 Å². The van der Waals surface area contributed by atoms with Crippen LogP contribution in [0.3, 0.4) is 0 Å². The fourth-order valence-electron chi connectivity index (χ4n) is 10.2. The highest BCUT2D eigenvalue weighted by atomic mass is 16.6. The number of hydrogen-bond donors (Lipinski definition) is 5. The van der Waals surface area contributed by atoms with Gasteiger partial charge in [0.15, 0.2) is 5.78 Å². The number of carbonyl (C=O) groups excluding carboxylic acids is 4. The van der Waals surface area contributed by atoms with Gasteiger partial charge in [-0.25, -0.2) is 9.59 Å². The lowest BCUT2D eigenvalue weighted by Gasteiger charge is -2.42. The molecule has 1 aliphatic carbocycles. The van der Waals surface area contributed by atoms with Crippen molar-refractivity contribution in [2.45, 2.75) is 179 Å². The number of fused-ring (bicyclic) bond motifs is 3. The molecule has 20 nitrogen and oxygen atoms in total. The van der Waals surface area contributed by atoms with Crippen LogP contribution < -0.4 is 5.73 Å². The molecule has 0 aromatic rings. The van der Waals surface area contributed by atoms with Crippen LogP contribution in [0.25, 0.3) is 10.4 Å². The van der Waals surface area contributed by atoms with Crippen molar-refractivity contribution in [3.05, 3.63) is 58.0 Å². The maximum atomic E-state index is 14.6. The number of hydrogen-bond acceptors (Lipinski definition) is 16. The molecule has 20 heteroatoms. The second-order valence-electron chi connectivity index (χ2n) is 20.1. The number of ketones is 2. The fourth-order valence-corrected chi connectivity index (χ4v) is 10.2. The number of piperidine rings is 1. The summed E-state index contributed by atoms with van der Waals surface area (Å²) in [6.45, 7) is 9.49. The number of cyclic esters (lactones) is 1. The Morgan fingerprint density at radius 3 is 2.37 bits per heavy atom. The van der Waals surface area contributed by atoms with E-state index in [4.69, 9.17) is 35.0 Å². The van der Waals surface area contributed by atoms with Crippen molar-refractivity contribution in [3.63, 3.8) is 0 Å². The third-order valence-electron chi connectivity index (χ3n) is 14.6. The van der Waals surface area contributed by atoms with Crippen LogP contribution in [0.15, 0.2) is 57.9 Å². The molecule has 0 aromatic carbocycles. The van der Waals surface area contributed by atoms with Crippen molar-refractivity contribution < 1.29 is 68.2 Å². The molecule has 396 valence electrons. The van der Waals surface area contributed by atoms with E-state index in [0.717, 1.165) is 10.5 Å². The van der Waals surface area contributed by atoms with Crippen molar-refractivity contribution in [1.82, 2.24) is 4.90 Å². The highest BCUT2D eigenvalue weighted by Crippen LogP contribution is 2.37. The van der Waals surface area contributed by atoms with Gasteiger partial charge in [0.05, 0.1) is 30.1 Å². The Balaban J connectivity index is 1.78. The van der Waals surface area contributed by atoms with Crippen molar-refractivity contribution >= 4 is 35.1 Å². The summed E-state index contributed by atoms with van der Waals surface area (Å²) in [6, 6.07) is -2.58. The smallest absolute Gasteiger partial charge is 0.344 e. The second-order valence-corrected chi connectivity index (χ2v) is 20.1. The van der Waals surface area contributed by atoms with E-state index in [1.807, 2.05) is 44.2 Å². The van der Waals surface area contributed by atoms with Crippen molar-refractivity contribution in [2.75, 3.05) is 27.4 Å². The number of aliphatic carboxylic acids is 1. The van der Waals surface area contributed by atoms with Gasteiger partial charge in [0, 0.05) is 62.3 Å². The molecule has 1 amide bonds. The van der Waals surface area contributed by atoms with Crippen LogP contribution in [0.1, 0.15) is 119 Å². The summed E-state index contributed by atoms with van der Waals surface area (Å²) in [5.41, 5.74) is 17.3. The number of aliphatic hydroxyl groups excluding tert-OH is 2. The standard InChI is InChI=1S/C51H78N6O14/c1-29-14-10-9-11-15-30(2)41(67-7)26-36-19-17-34(6)51(66,71-36)48(63)49(64)57-21-13-12-16-40(57)50(65)70-42(37(52)24-35-18-20-38(54-56-53)43(25-35)68-8)27-39(55-69-28-44(58)59)31(3)23-33(5)46(61)47(62)45(60)32(4)22-29/h9-11,14-15,23,29,31-32,34-38,40-43,46-47,61-62,66H,12-13,16-22,24-28,52H2,1-8H3,(H,58,59)/b11-9+,14-10+,30-15+,33-23+,55-39-/t29-,31-,32-,34-,35+,36+,37-,38?,40+,41+,42+,43-,46-,47+,51-/m1/s1. The van der Waals surface area contributed by atoms with Crippen molar-refractivity contribution in [2.24, 2.45) is 45.6 Å². The Morgan fingerprint density at radius 2 is 1.69 bits per heavy atom. The molecule has 2 saturated heterocycles. The molecule has 1 saturated carbocycles. The summed E-state index contributed by atoms with van der Waals surface area (Å²) in [4.78, 5) is 77.6. The number of oxime groups is 1. The van der Waals surface area contributed by atoms with Gasteiger partial charge in [-0.1, -0.05) is 74.4 Å². The summed E-state index contributed by atoms with van der Waals surface area (Å²) in [6.07, 6.45) is 8.88. The predicted octanol–water partition coefficient (Wildman–Crippen LogP) is 5.42. The Labute approximate surface area is 417 Å². The Morgan fingerprint density at radius 1 is 0.958 bits per heavy atom. The lowest BCUT2D eigenvalue weighted by Crippen LogP contribution is -2.61. The van der Waals surface area contributed by atoms with E-state index in [1.54, 1.807) is 27.9 Å². The van der Waals surface area contributed by atoms with E-state index in [1.165, 1.54) is 20.1 Å². The molecule has 15 atom stereocenters. The van der Waals surface area contributed by atoms with Crippen LogP contribution in [0, 0.1) is 29.6 Å². The van der Waals surface area contributed by atoms with Gasteiger partial charge in [0.25, 0.3) is 11.7 Å². The largest absolute Gasteiger partial charge is 0.479 e. The van der Waals surface area contributed by atoms with Crippen LogP contribution >= 0.6 is 0 Å². The molecule has 3 heterocycles. The average Bonchev–Trinajstić information content (AvgIpc) is 3.34. The number of ether oxygens (including phenoxy) is 4. The first-order valence-electron chi connectivity index (χ1n) is 25.0. The normalized spacial score (nSPS) is 38.3. The van der Waals surface area contributed by atoms with Crippen molar-refractivity contribution in [1.29, 1.82) is 0 Å². The van der Waals surface area contributed by atoms with Gasteiger partial charge in [-0.2, -0.15) is 0 Å². The quantitative estimate of drug-likeness (QED) is 0.0366. The van der Waals surface area contributed by atoms with Gasteiger partial charge in [-0.05, 0) is 107 Å². The highest BCUT2D eigenvalue weighted by Gasteiger charge is 2.53. The fraction of sp³-hybridized carbons (Fsp3) is 0.725. The topological polar surface area (TPSA) is 303 Å². The maximum absolute atomic E-state index is 14.6. The number of esters is 1. The zero-order valence-electron chi connectivity index (χ0n) is 42.6. The van der Waals surface area contributed by atoms with Gasteiger partial charge >= 0.3 is 11.9 Å². The van der Waals surface area contributed by atoms with Crippen LogP contribution in [0.5, 0.6) is 0 Å². The van der Waals surface area contributed by atoms with Gasteiger partial charge in [-0.15, -0.1) is 0 Å². The maximum Gasteiger partial charge on any atom is 0.344 e. The lowest BCUT2D eigenvalue weighted by molar-refractivity contribution is -0.265. The molecule has 3 fully saturated rings. The first kappa shape index (κ1) is 58.8. The third kappa shape index (κ3) is 16.4. The van der Waals surface area contributed by atoms with Gasteiger partial charge in [0.1, 0.15) is 24.4 Å². The SMILES string of the molecule is CO[C@H]1C[C@@H]2CC[C@@H](C)[C@@](O)(O2)C(=O)C(=O)N2CCCC[C@H]2C(=O)O[C@H]([C@H](N)C[C@@H]2CCC(N=[N+]=[N-])[C@H](OC)C2)C/C(=N/OCC(=O)O)[C@H](C)/C=C(\C)[C@@H](O)[C@@H](O)C(=O)[C@H](C)C[C@H](C)/C=C/C=C/C=C/1C. The number of Topliss-reactive ketones (excluding diaryl/α,β-unsaturated/α-hetero) is 2. The molecule has 0 aromatic heterocycles. The number of carboxylic acid groups (broad SMARTS) is 1. The Hall–Kier alpha value is -4.79. The summed E-state index contributed by atoms with van der Waals surface area (Å²) in [5, 5.41) is 52.0. The van der Waals surface area contributed by atoms with E-state index in [-0.39, 0.29) is 55.3 Å². The first-order valence-corrected chi connectivity index (χ1v) is 25.0. The minimum absolute atomic E-state index is 0.00539. The minimum atomic E-state index is -2.50. The molecular weight excluding hydrogens is 921 g/mol. The number of methoxy groups -OCH3 is 2. The number of rotatable bonds is 9. The number of amides is 1. The summed E-state index contributed by atoms with van der Waals surface area (Å²) < 4.78 is 23.9. The summed E-state index contributed by atoms with van der Waals surface area (Å²) in [5.74, 6) is -9.92. The number of azide groups is 1. The van der Waals surface area contributed by atoms with Crippen LogP contribution in [0.2, 0.25) is 0 Å². The zero-order chi connectivity index (χ0) is 52.6. The minimum Gasteiger partial charge on any atom is -0.479 e. The van der Waals surface area contributed by atoms with Crippen LogP contribution in [-0.2, 0) is 47.8 Å². The van der Waals surface area contributed by atoms with Crippen LogP contribution in [-0.4, -0.2) is 148 Å². The zero-order valence-corrected chi connectivity index (χ0v) is 42.6. The molecule has 6 N–H and O–H groups in total. The summed E-state index contributed by atoms with van der Waals surface area (Å²) in [7, 11) is 3.07. The van der Waals surface area contributed by atoms with E-state index >= 15 is 0 Å². The number of nitrogens with zero attached hydrogens (tertiary/aromatic N) is 5. The highest BCUT2D eigenvalue weighted by molar-refractivity contribution is 6.39. The molecule has 1 unspecified atom stereocenters. The number of nitrogens with two attached hydrogens (primary N) is 1. The second kappa shape index (κ2) is 27.9. The van der Waals surface area contributed by atoms with Gasteiger partial charge in [0.2, 0.25) is 12.4 Å². The molecule has 2 bridgehead atoms. The van der Waals surface area contributed by atoms with E-state index < -0.39 is 114 Å². The van der Waals surface area contributed by atoms with Gasteiger partial charge < -0.3 is 54.8 Å². The van der Waals surface area contributed by atoms with E-state index in [9.17, 15) is 44.4 Å². The predicted molar refractivity (Wildman–Crippen MR) is 262 cm³/mol. The van der Waals surface area contributed by atoms with E-state index in [0.29, 0.717) is 51.4 Å².